The van der Waals surface area contributed by atoms with Crippen LogP contribution in [-0.4, -0.2) is 23.5 Å². The summed E-state index contributed by atoms with van der Waals surface area (Å²) in [7, 11) is 0. The van der Waals surface area contributed by atoms with Crippen molar-refractivity contribution < 1.29 is 18.7 Å². The normalized spacial score (nSPS) is 10.5. The molecular formula is C26H23N3O4S. The second kappa shape index (κ2) is 10.2. The molecule has 3 aromatic carbocycles. The molecule has 4 aromatic rings. The maximum Gasteiger partial charge on any atom is 0.291 e. The Kier molecular flexibility index (Phi) is 6.89. The number of fused-ring (bicyclic) bond motifs is 1. The molecule has 0 aliphatic carbocycles. The number of hydrogen-bond acceptors (Lipinski definition) is 5. The topological polar surface area (TPSA) is 92.6 Å². The molecule has 0 bridgehead atoms. The first-order valence-corrected chi connectivity index (χ1v) is 11.1. The Bertz CT molecular complexity index is 1330. The summed E-state index contributed by atoms with van der Waals surface area (Å²) in [6.45, 7) is 4.32. The maximum absolute atomic E-state index is 12.6. The molecule has 1 aromatic heterocycles. The lowest BCUT2D eigenvalue weighted by Crippen LogP contribution is -2.34. The summed E-state index contributed by atoms with van der Waals surface area (Å²) in [5.74, 6) is 0.272. The molecule has 1 heterocycles. The van der Waals surface area contributed by atoms with Crippen molar-refractivity contribution in [3.8, 4) is 5.75 Å². The van der Waals surface area contributed by atoms with Crippen molar-refractivity contribution in [2.45, 2.75) is 13.8 Å². The Morgan fingerprint density at radius 1 is 0.941 bits per heavy atom. The monoisotopic (exact) mass is 473 g/mol. The van der Waals surface area contributed by atoms with Crippen LogP contribution in [0.2, 0.25) is 0 Å². The highest BCUT2D eigenvalue weighted by molar-refractivity contribution is 7.80. The molecule has 7 nitrogen and oxygen atoms in total. The summed E-state index contributed by atoms with van der Waals surface area (Å²) in [5, 5.41) is 9.54. The van der Waals surface area contributed by atoms with E-state index in [9.17, 15) is 9.59 Å². The first-order valence-electron chi connectivity index (χ1n) is 10.7. The SMILES string of the molecule is CCOc1ccc(C(=O)NC(=S)Nc2ccc(NC(=O)c3cc4ccccc4o3)c(C)c2)cc1. The van der Waals surface area contributed by atoms with E-state index in [1.807, 2.05) is 44.2 Å². The third-order valence-electron chi connectivity index (χ3n) is 5.04. The van der Waals surface area contributed by atoms with E-state index >= 15 is 0 Å². The molecule has 2 amide bonds. The second-order valence-electron chi connectivity index (χ2n) is 7.50. The van der Waals surface area contributed by atoms with Gasteiger partial charge in [0.25, 0.3) is 11.8 Å². The van der Waals surface area contributed by atoms with Gasteiger partial charge >= 0.3 is 0 Å². The quantitative estimate of drug-likeness (QED) is 0.320. The van der Waals surface area contributed by atoms with Gasteiger partial charge in [0, 0.05) is 22.3 Å². The first-order chi connectivity index (χ1) is 16.4. The van der Waals surface area contributed by atoms with E-state index in [4.69, 9.17) is 21.4 Å². The number of hydrogen-bond donors (Lipinski definition) is 3. The standard InChI is InChI=1S/C26H23N3O4S/c1-3-32-20-11-8-17(9-12-20)24(30)29-26(34)27-19-10-13-21(16(2)14-19)28-25(31)23-15-18-6-4-5-7-22(18)33-23/h4-15H,3H2,1-2H3,(H,28,31)(H2,27,29,30,34). The molecule has 8 heteroatoms. The fraction of sp³-hybridized carbons (Fsp3) is 0.115. The lowest BCUT2D eigenvalue weighted by atomic mass is 10.1. The Morgan fingerprint density at radius 3 is 2.41 bits per heavy atom. The van der Waals surface area contributed by atoms with Crippen molar-refractivity contribution >= 4 is 51.5 Å². The van der Waals surface area contributed by atoms with E-state index in [1.165, 1.54) is 0 Å². The number of ether oxygens (including phenoxy) is 1. The van der Waals surface area contributed by atoms with Crippen LogP contribution in [0.25, 0.3) is 11.0 Å². The molecule has 172 valence electrons. The fourth-order valence-electron chi connectivity index (χ4n) is 3.37. The number of benzene rings is 3. The van der Waals surface area contributed by atoms with Gasteiger partial charge < -0.3 is 19.8 Å². The van der Waals surface area contributed by atoms with E-state index in [2.05, 4.69) is 16.0 Å². The average molecular weight is 474 g/mol. The minimum Gasteiger partial charge on any atom is -0.494 e. The fourth-order valence-corrected chi connectivity index (χ4v) is 3.58. The van der Waals surface area contributed by atoms with Crippen molar-refractivity contribution in [1.82, 2.24) is 5.32 Å². The van der Waals surface area contributed by atoms with Gasteiger partial charge in [0.1, 0.15) is 11.3 Å². The molecule has 0 saturated heterocycles. The molecule has 34 heavy (non-hydrogen) atoms. The molecule has 0 saturated carbocycles. The molecule has 0 spiro atoms. The van der Waals surface area contributed by atoms with Crippen molar-refractivity contribution in [3.63, 3.8) is 0 Å². The highest BCUT2D eigenvalue weighted by atomic mass is 32.1. The van der Waals surface area contributed by atoms with Gasteiger partial charge in [-0.3, -0.25) is 14.9 Å². The Morgan fingerprint density at radius 2 is 1.71 bits per heavy atom. The summed E-state index contributed by atoms with van der Waals surface area (Å²) in [6.07, 6.45) is 0. The van der Waals surface area contributed by atoms with Crippen LogP contribution >= 0.6 is 12.2 Å². The molecule has 0 fully saturated rings. The van der Waals surface area contributed by atoms with Gasteiger partial charge in [0.2, 0.25) is 0 Å². The molecule has 0 aliphatic heterocycles. The lowest BCUT2D eigenvalue weighted by Gasteiger charge is -2.13. The van der Waals surface area contributed by atoms with Gasteiger partial charge in [-0.15, -0.1) is 0 Å². The van der Waals surface area contributed by atoms with Gasteiger partial charge in [-0.05, 0) is 86.2 Å². The molecular weight excluding hydrogens is 450 g/mol. The summed E-state index contributed by atoms with van der Waals surface area (Å²) in [4.78, 5) is 25.0. The largest absolute Gasteiger partial charge is 0.494 e. The lowest BCUT2D eigenvalue weighted by molar-refractivity contribution is 0.0975. The zero-order chi connectivity index (χ0) is 24.1. The van der Waals surface area contributed by atoms with Crippen LogP contribution in [0.15, 0.2) is 77.2 Å². The zero-order valence-electron chi connectivity index (χ0n) is 18.7. The third kappa shape index (κ3) is 5.41. The second-order valence-corrected chi connectivity index (χ2v) is 7.91. The van der Waals surface area contributed by atoms with Crippen LogP contribution in [0.5, 0.6) is 5.75 Å². The van der Waals surface area contributed by atoms with Crippen LogP contribution in [0.1, 0.15) is 33.4 Å². The summed E-state index contributed by atoms with van der Waals surface area (Å²) >= 11 is 5.27. The Labute approximate surface area is 202 Å². The number of carbonyl (C=O) groups excluding carboxylic acids is 2. The number of carbonyl (C=O) groups is 2. The number of furan rings is 1. The van der Waals surface area contributed by atoms with Crippen LogP contribution in [0, 0.1) is 6.92 Å². The van der Waals surface area contributed by atoms with E-state index in [0.717, 1.165) is 10.9 Å². The predicted octanol–water partition coefficient (Wildman–Crippen LogP) is 5.52. The van der Waals surface area contributed by atoms with Gasteiger partial charge in [0.05, 0.1) is 6.61 Å². The maximum atomic E-state index is 12.6. The molecule has 4 rings (SSSR count). The minimum absolute atomic E-state index is 0.164. The van der Waals surface area contributed by atoms with Gasteiger partial charge in [-0.1, -0.05) is 18.2 Å². The van der Waals surface area contributed by atoms with Crippen molar-refractivity contribution in [2.24, 2.45) is 0 Å². The number of rotatable bonds is 6. The number of thiocarbonyl (C=S) groups is 1. The van der Waals surface area contributed by atoms with E-state index in [1.54, 1.807) is 42.5 Å². The predicted molar refractivity (Wildman–Crippen MR) is 137 cm³/mol. The van der Waals surface area contributed by atoms with Crippen molar-refractivity contribution in [1.29, 1.82) is 0 Å². The highest BCUT2D eigenvalue weighted by Gasteiger charge is 2.14. The average Bonchev–Trinajstić information content (AvgIpc) is 3.26. The summed E-state index contributed by atoms with van der Waals surface area (Å²) in [6, 6.07) is 21.3. The van der Waals surface area contributed by atoms with Crippen molar-refractivity contribution in [3.05, 3.63) is 89.7 Å². The molecule has 0 radical (unpaired) electrons. The first kappa shape index (κ1) is 23.0. The van der Waals surface area contributed by atoms with Crippen LogP contribution in [0.3, 0.4) is 0 Å². The molecule has 0 atom stereocenters. The van der Waals surface area contributed by atoms with Crippen LogP contribution < -0.4 is 20.7 Å². The summed E-state index contributed by atoms with van der Waals surface area (Å²) in [5.41, 5.74) is 3.25. The van der Waals surface area contributed by atoms with Crippen LogP contribution in [0.4, 0.5) is 11.4 Å². The van der Waals surface area contributed by atoms with Gasteiger partial charge in [-0.2, -0.15) is 0 Å². The molecule has 3 N–H and O–H groups in total. The minimum atomic E-state index is -0.335. The third-order valence-corrected chi connectivity index (χ3v) is 5.24. The Hall–Kier alpha value is -4.17. The van der Waals surface area contributed by atoms with Gasteiger partial charge in [-0.25, -0.2) is 0 Å². The van der Waals surface area contributed by atoms with Crippen molar-refractivity contribution in [2.75, 3.05) is 17.2 Å². The van der Waals surface area contributed by atoms with E-state index in [0.29, 0.717) is 34.9 Å². The van der Waals surface area contributed by atoms with Gasteiger partial charge in [0.15, 0.2) is 10.9 Å². The summed E-state index contributed by atoms with van der Waals surface area (Å²) < 4.78 is 11.0. The highest BCUT2D eigenvalue weighted by Crippen LogP contribution is 2.23. The van der Waals surface area contributed by atoms with E-state index in [-0.39, 0.29) is 22.7 Å². The zero-order valence-corrected chi connectivity index (χ0v) is 19.5. The molecule has 0 unspecified atom stereocenters. The van der Waals surface area contributed by atoms with Crippen LogP contribution in [-0.2, 0) is 0 Å². The number of amides is 2. The number of nitrogens with one attached hydrogen (secondary N) is 3. The number of para-hydroxylation sites is 1. The smallest absolute Gasteiger partial charge is 0.291 e. The number of anilines is 2. The Balaban J connectivity index is 1.36. The van der Waals surface area contributed by atoms with E-state index < -0.39 is 0 Å². The number of aryl methyl sites for hydroxylation is 1. The molecule has 0 aliphatic rings.